The minimum Gasteiger partial charge on any atom is -0.321 e. The van der Waals surface area contributed by atoms with Crippen LogP contribution in [0.25, 0.3) is 6.08 Å². The minimum atomic E-state index is -0.683. The first-order valence-corrected chi connectivity index (χ1v) is 13.9. The predicted octanol–water partition coefficient (Wildman–Crippen LogP) is 7.06. The molecular weight excluding hydrogens is 586 g/mol. The molecule has 0 aliphatic rings. The summed E-state index contributed by atoms with van der Waals surface area (Å²) in [6, 6.07) is 22.5. The molecule has 0 fully saturated rings. The highest BCUT2D eigenvalue weighted by Gasteiger charge is 2.18. The van der Waals surface area contributed by atoms with E-state index in [0.717, 1.165) is 4.90 Å². The Balaban J connectivity index is 1.46. The maximum Gasteiger partial charge on any atom is 0.272 e. The van der Waals surface area contributed by atoms with E-state index in [4.69, 9.17) is 23.2 Å². The number of halogens is 3. The molecule has 7 nitrogen and oxygen atoms in total. The van der Waals surface area contributed by atoms with Gasteiger partial charge >= 0.3 is 0 Å². The standard InChI is InChI=1S/C30H23Cl2FN4O3S/c1-18(28(38)37-27-15-10-20(31)17-34-27)41-22-13-11-21(12-14-22)35-30(40)26(16-23-24(32)8-5-9-25(23)33)36-29(39)19-6-3-2-4-7-19/h2-18H,1H3,(H,35,40)(H,36,39)(H,34,37,38)/b26-16-. The lowest BCUT2D eigenvalue weighted by molar-refractivity contribution is -0.115. The van der Waals surface area contributed by atoms with Gasteiger partial charge in [-0.3, -0.25) is 14.4 Å². The largest absolute Gasteiger partial charge is 0.321 e. The van der Waals surface area contributed by atoms with Gasteiger partial charge in [-0.25, -0.2) is 9.37 Å². The number of pyridine rings is 1. The number of benzene rings is 3. The van der Waals surface area contributed by atoms with Crippen molar-refractivity contribution in [2.24, 2.45) is 0 Å². The van der Waals surface area contributed by atoms with E-state index in [1.807, 2.05) is 0 Å². The Hall–Kier alpha value is -4.18. The number of hydrogen-bond donors (Lipinski definition) is 3. The van der Waals surface area contributed by atoms with Crippen LogP contribution in [0.5, 0.6) is 0 Å². The average Bonchev–Trinajstić information content (AvgIpc) is 2.97. The van der Waals surface area contributed by atoms with Gasteiger partial charge in [-0.15, -0.1) is 11.8 Å². The monoisotopic (exact) mass is 608 g/mol. The van der Waals surface area contributed by atoms with Gasteiger partial charge in [-0.1, -0.05) is 47.5 Å². The maximum atomic E-state index is 14.5. The van der Waals surface area contributed by atoms with Gasteiger partial charge in [0.1, 0.15) is 17.3 Å². The lowest BCUT2D eigenvalue weighted by Gasteiger charge is -2.13. The maximum absolute atomic E-state index is 14.5. The van der Waals surface area contributed by atoms with E-state index in [2.05, 4.69) is 20.9 Å². The number of nitrogens with zero attached hydrogens (tertiary/aromatic N) is 1. The molecule has 208 valence electrons. The van der Waals surface area contributed by atoms with Crippen LogP contribution in [0.1, 0.15) is 22.8 Å². The molecule has 3 N–H and O–H groups in total. The van der Waals surface area contributed by atoms with Crippen LogP contribution >= 0.6 is 35.0 Å². The molecule has 0 bridgehead atoms. The number of carbonyl (C=O) groups is 3. The minimum absolute atomic E-state index is 0.0412. The summed E-state index contributed by atoms with van der Waals surface area (Å²) >= 11 is 13.3. The first-order valence-electron chi connectivity index (χ1n) is 12.2. The zero-order valence-electron chi connectivity index (χ0n) is 21.5. The van der Waals surface area contributed by atoms with Gasteiger partial charge in [-0.2, -0.15) is 0 Å². The number of rotatable bonds is 9. The van der Waals surface area contributed by atoms with Gasteiger partial charge in [0.2, 0.25) is 5.91 Å². The molecule has 4 rings (SSSR count). The summed E-state index contributed by atoms with van der Waals surface area (Å²) < 4.78 is 14.5. The van der Waals surface area contributed by atoms with Crippen LogP contribution in [0.3, 0.4) is 0 Å². The smallest absolute Gasteiger partial charge is 0.272 e. The zero-order valence-corrected chi connectivity index (χ0v) is 23.9. The van der Waals surface area contributed by atoms with Crippen molar-refractivity contribution < 1.29 is 18.8 Å². The zero-order chi connectivity index (χ0) is 29.4. The molecule has 0 aliphatic heterocycles. The molecule has 0 spiro atoms. The molecule has 3 amide bonds. The number of hydrogen-bond acceptors (Lipinski definition) is 5. The van der Waals surface area contributed by atoms with Gasteiger partial charge in [0.05, 0.1) is 15.3 Å². The fraction of sp³-hybridized carbons (Fsp3) is 0.0667. The third kappa shape index (κ3) is 8.40. The predicted molar refractivity (Wildman–Crippen MR) is 162 cm³/mol. The summed E-state index contributed by atoms with van der Waals surface area (Å²) in [6.45, 7) is 1.76. The van der Waals surface area contributed by atoms with Crippen LogP contribution in [0.2, 0.25) is 10.0 Å². The fourth-order valence-electron chi connectivity index (χ4n) is 3.49. The quantitative estimate of drug-likeness (QED) is 0.139. The number of nitrogens with one attached hydrogen (secondary N) is 3. The molecule has 0 saturated carbocycles. The number of aromatic nitrogens is 1. The molecule has 3 aromatic carbocycles. The van der Waals surface area contributed by atoms with Gasteiger partial charge in [0, 0.05) is 27.9 Å². The van der Waals surface area contributed by atoms with Crippen molar-refractivity contribution in [2.75, 3.05) is 10.6 Å². The van der Waals surface area contributed by atoms with Crippen molar-refractivity contribution in [1.82, 2.24) is 10.3 Å². The van der Waals surface area contributed by atoms with Gasteiger partial charge in [-0.05, 0) is 73.7 Å². The fourth-order valence-corrected chi connectivity index (χ4v) is 4.68. The van der Waals surface area contributed by atoms with Crippen LogP contribution in [0.4, 0.5) is 15.9 Å². The van der Waals surface area contributed by atoms with Gasteiger partial charge in [0.15, 0.2) is 0 Å². The third-order valence-electron chi connectivity index (χ3n) is 5.59. The van der Waals surface area contributed by atoms with Crippen LogP contribution in [0.15, 0.2) is 102 Å². The normalized spacial score (nSPS) is 11.9. The van der Waals surface area contributed by atoms with E-state index in [-0.39, 0.29) is 22.2 Å². The van der Waals surface area contributed by atoms with E-state index in [1.165, 1.54) is 42.2 Å². The topological polar surface area (TPSA) is 100 Å². The van der Waals surface area contributed by atoms with E-state index in [1.54, 1.807) is 73.7 Å². The molecule has 0 saturated heterocycles. The Bertz CT molecular complexity index is 1560. The summed E-state index contributed by atoms with van der Waals surface area (Å²) in [7, 11) is 0. The summed E-state index contributed by atoms with van der Waals surface area (Å²) in [5.74, 6) is -1.73. The van der Waals surface area contributed by atoms with Crippen molar-refractivity contribution in [2.45, 2.75) is 17.1 Å². The molecule has 0 aliphatic carbocycles. The van der Waals surface area contributed by atoms with Crippen molar-refractivity contribution in [1.29, 1.82) is 0 Å². The summed E-state index contributed by atoms with van der Waals surface area (Å²) in [4.78, 5) is 43.4. The van der Waals surface area contributed by atoms with E-state index in [9.17, 15) is 18.8 Å². The summed E-state index contributed by atoms with van der Waals surface area (Å²) in [6.07, 6.45) is 2.63. The Morgan fingerprint density at radius 2 is 1.63 bits per heavy atom. The van der Waals surface area contributed by atoms with Crippen molar-refractivity contribution in [3.05, 3.63) is 124 Å². The number of amides is 3. The number of carbonyl (C=O) groups excluding carboxylic acids is 3. The highest BCUT2D eigenvalue weighted by molar-refractivity contribution is 8.00. The molecule has 4 aromatic rings. The lowest BCUT2D eigenvalue weighted by atomic mass is 10.1. The Morgan fingerprint density at radius 1 is 0.902 bits per heavy atom. The van der Waals surface area contributed by atoms with Crippen LogP contribution in [-0.4, -0.2) is 28.0 Å². The Kier molecular flexibility index (Phi) is 10.1. The van der Waals surface area contributed by atoms with Gasteiger partial charge in [0.25, 0.3) is 11.8 Å². The highest BCUT2D eigenvalue weighted by Crippen LogP contribution is 2.26. The van der Waals surface area contributed by atoms with Crippen molar-refractivity contribution in [3.8, 4) is 0 Å². The molecule has 0 radical (unpaired) electrons. The molecule has 1 aromatic heterocycles. The molecular formula is C30H23Cl2FN4O3S. The lowest BCUT2D eigenvalue weighted by Crippen LogP contribution is -2.30. The molecule has 41 heavy (non-hydrogen) atoms. The van der Waals surface area contributed by atoms with Gasteiger partial charge < -0.3 is 16.0 Å². The van der Waals surface area contributed by atoms with Crippen LogP contribution in [0, 0.1) is 5.82 Å². The summed E-state index contributed by atoms with van der Waals surface area (Å²) in [5.41, 5.74) is 0.490. The van der Waals surface area contributed by atoms with E-state index >= 15 is 0 Å². The first-order chi connectivity index (χ1) is 19.7. The second-order valence-electron chi connectivity index (χ2n) is 8.60. The van der Waals surface area contributed by atoms with Crippen molar-refractivity contribution >= 4 is 70.3 Å². The average molecular weight is 610 g/mol. The van der Waals surface area contributed by atoms with E-state index in [0.29, 0.717) is 22.1 Å². The molecule has 11 heteroatoms. The highest BCUT2D eigenvalue weighted by atomic mass is 35.5. The number of anilines is 2. The summed E-state index contributed by atoms with van der Waals surface area (Å²) in [5, 5.41) is 8.09. The van der Waals surface area contributed by atoms with E-state index < -0.39 is 22.9 Å². The Labute approximate surface area is 250 Å². The SMILES string of the molecule is CC(Sc1ccc(NC(=O)/C(=C/c2c(F)cccc2Cl)NC(=O)c2ccccc2)cc1)C(=O)Nc1ccc(Cl)cn1. The number of thioether (sulfide) groups is 1. The second kappa shape index (κ2) is 13.9. The van der Waals surface area contributed by atoms with Crippen LogP contribution in [-0.2, 0) is 9.59 Å². The third-order valence-corrected chi connectivity index (χ3v) is 7.26. The second-order valence-corrected chi connectivity index (χ2v) is 10.9. The first kappa shape index (κ1) is 29.8. The van der Waals surface area contributed by atoms with Crippen molar-refractivity contribution in [3.63, 3.8) is 0 Å². The molecule has 1 unspecified atom stereocenters. The Morgan fingerprint density at radius 3 is 2.29 bits per heavy atom. The molecule has 1 atom stereocenters. The molecule has 1 heterocycles. The van der Waals surface area contributed by atoms with Crippen LogP contribution < -0.4 is 16.0 Å².